The average molecular weight is 391 g/mol. The van der Waals surface area contributed by atoms with Crippen molar-refractivity contribution in [3.63, 3.8) is 0 Å². The predicted molar refractivity (Wildman–Crippen MR) is 121 cm³/mol. The molecule has 1 aromatic heterocycles. The van der Waals surface area contributed by atoms with Crippen molar-refractivity contribution in [2.24, 2.45) is 5.10 Å². The maximum absolute atomic E-state index is 13.2. The summed E-state index contributed by atoms with van der Waals surface area (Å²) in [6, 6.07) is 27.8. The number of aryl methyl sites for hydroxylation is 1. The van der Waals surface area contributed by atoms with E-state index in [4.69, 9.17) is 4.98 Å². The molecule has 0 saturated heterocycles. The molecule has 30 heavy (non-hydrogen) atoms. The van der Waals surface area contributed by atoms with Gasteiger partial charge < -0.3 is 0 Å². The Balaban J connectivity index is 1.52. The molecular weight excluding hydrogens is 370 g/mol. The first-order valence-corrected chi connectivity index (χ1v) is 10.2. The summed E-state index contributed by atoms with van der Waals surface area (Å²) in [7, 11) is 0. The first kappa shape index (κ1) is 18.3. The molecule has 1 amide bonds. The minimum atomic E-state index is -0.221. The molecule has 0 spiro atoms. The summed E-state index contributed by atoms with van der Waals surface area (Å²) in [5.74, 6) is -0.221. The molecular formula is C26H21N3O. The van der Waals surface area contributed by atoms with Crippen molar-refractivity contribution < 1.29 is 4.79 Å². The predicted octanol–water partition coefficient (Wildman–Crippen LogP) is 5.37. The van der Waals surface area contributed by atoms with Gasteiger partial charge in [0.1, 0.15) is 0 Å². The first-order chi connectivity index (χ1) is 14.8. The SMILES string of the molecule is O=C(N/N=C1\CCCc2ccccc21)c1cc(-c2ccccc2)nc2ccccc12. The highest BCUT2D eigenvalue weighted by Crippen LogP contribution is 2.25. The summed E-state index contributed by atoms with van der Waals surface area (Å²) < 4.78 is 0. The summed E-state index contributed by atoms with van der Waals surface area (Å²) in [5.41, 5.74) is 9.28. The Labute approximate surface area is 175 Å². The summed E-state index contributed by atoms with van der Waals surface area (Å²) in [5, 5.41) is 5.33. The average Bonchev–Trinajstić information content (AvgIpc) is 2.82. The van der Waals surface area contributed by atoms with Gasteiger partial charge in [0.25, 0.3) is 5.91 Å². The fourth-order valence-electron chi connectivity index (χ4n) is 4.02. The lowest BCUT2D eigenvalue weighted by atomic mass is 9.90. The second kappa shape index (κ2) is 7.91. The van der Waals surface area contributed by atoms with Crippen LogP contribution in [0.5, 0.6) is 0 Å². The number of benzene rings is 3. The maximum atomic E-state index is 13.2. The van der Waals surface area contributed by atoms with E-state index >= 15 is 0 Å². The summed E-state index contributed by atoms with van der Waals surface area (Å²) in [6.45, 7) is 0. The Morgan fingerprint density at radius 3 is 2.53 bits per heavy atom. The van der Waals surface area contributed by atoms with Gasteiger partial charge in [-0.25, -0.2) is 10.4 Å². The monoisotopic (exact) mass is 391 g/mol. The minimum absolute atomic E-state index is 0.221. The van der Waals surface area contributed by atoms with Gasteiger partial charge in [0.15, 0.2) is 0 Å². The number of hydrogen-bond donors (Lipinski definition) is 1. The molecule has 4 aromatic rings. The topological polar surface area (TPSA) is 54.4 Å². The van der Waals surface area contributed by atoms with E-state index in [1.807, 2.05) is 66.7 Å². The Kier molecular flexibility index (Phi) is 4.81. The standard InChI is InChI=1S/C26H21N3O/c30-26(29-28-24-16-8-12-18-9-4-5-13-20(18)24)22-17-25(19-10-2-1-3-11-19)27-23-15-7-6-14-21(22)23/h1-7,9-11,13-15,17H,8,12,16H2,(H,29,30)/b28-24+. The van der Waals surface area contributed by atoms with Crippen LogP contribution in [0.25, 0.3) is 22.2 Å². The van der Waals surface area contributed by atoms with Crippen molar-refractivity contribution in [3.05, 3.63) is 102 Å². The molecule has 0 aliphatic heterocycles. The number of hydrazone groups is 1. The third kappa shape index (κ3) is 3.48. The Morgan fingerprint density at radius 1 is 0.867 bits per heavy atom. The molecule has 3 aromatic carbocycles. The van der Waals surface area contributed by atoms with Crippen LogP contribution >= 0.6 is 0 Å². The van der Waals surface area contributed by atoms with Crippen molar-refractivity contribution in [1.82, 2.24) is 10.4 Å². The van der Waals surface area contributed by atoms with Gasteiger partial charge in [-0.3, -0.25) is 4.79 Å². The molecule has 1 aliphatic rings. The van der Waals surface area contributed by atoms with Crippen LogP contribution in [0.2, 0.25) is 0 Å². The van der Waals surface area contributed by atoms with E-state index < -0.39 is 0 Å². The summed E-state index contributed by atoms with van der Waals surface area (Å²) >= 11 is 0. The molecule has 0 atom stereocenters. The van der Waals surface area contributed by atoms with Gasteiger partial charge >= 0.3 is 0 Å². The fraction of sp³-hybridized carbons (Fsp3) is 0.115. The van der Waals surface area contributed by atoms with E-state index in [0.717, 1.165) is 52.7 Å². The zero-order chi connectivity index (χ0) is 20.3. The fourth-order valence-corrected chi connectivity index (χ4v) is 4.02. The number of fused-ring (bicyclic) bond motifs is 2. The molecule has 0 radical (unpaired) electrons. The highest BCUT2D eigenvalue weighted by Gasteiger charge is 2.17. The van der Waals surface area contributed by atoms with Gasteiger partial charge in [-0.05, 0) is 37.0 Å². The third-order valence-corrected chi connectivity index (χ3v) is 5.51. The van der Waals surface area contributed by atoms with E-state index in [9.17, 15) is 4.79 Å². The molecule has 0 fully saturated rings. The lowest BCUT2D eigenvalue weighted by Crippen LogP contribution is -2.22. The Bertz CT molecular complexity index is 1260. The van der Waals surface area contributed by atoms with Gasteiger partial charge in [-0.15, -0.1) is 0 Å². The van der Waals surface area contributed by atoms with Crippen LogP contribution < -0.4 is 5.43 Å². The number of carbonyl (C=O) groups is 1. The maximum Gasteiger partial charge on any atom is 0.272 e. The molecule has 1 N–H and O–H groups in total. The Hall–Kier alpha value is -3.79. The second-order valence-electron chi connectivity index (χ2n) is 7.45. The van der Waals surface area contributed by atoms with Crippen LogP contribution in [0.1, 0.15) is 34.3 Å². The van der Waals surface area contributed by atoms with E-state index in [1.54, 1.807) is 0 Å². The van der Waals surface area contributed by atoms with Crippen molar-refractivity contribution in [3.8, 4) is 11.3 Å². The van der Waals surface area contributed by atoms with Crippen molar-refractivity contribution >= 4 is 22.5 Å². The van der Waals surface area contributed by atoms with E-state index in [1.165, 1.54) is 5.56 Å². The smallest absolute Gasteiger partial charge is 0.267 e. The van der Waals surface area contributed by atoms with Crippen LogP contribution in [0.3, 0.4) is 0 Å². The van der Waals surface area contributed by atoms with Crippen LogP contribution in [0.15, 0.2) is 90.0 Å². The van der Waals surface area contributed by atoms with E-state index in [-0.39, 0.29) is 5.91 Å². The molecule has 4 heteroatoms. The van der Waals surface area contributed by atoms with Gasteiger partial charge in [-0.1, -0.05) is 72.8 Å². The van der Waals surface area contributed by atoms with Crippen molar-refractivity contribution in [2.75, 3.05) is 0 Å². The third-order valence-electron chi connectivity index (χ3n) is 5.51. The lowest BCUT2D eigenvalue weighted by Gasteiger charge is -2.17. The summed E-state index contributed by atoms with van der Waals surface area (Å²) in [4.78, 5) is 17.9. The number of aromatic nitrogens is 1. The number of nitrogens with zero attached hydrogens (tertiary/aromatic N) is 2. The molecule has 146 valence electrons. The molecule has 0 saturated carbocycles. The molecule has 4 nitrogen and oxygen atoms in total. The number of carbonyl (C=O) groups excluding carboxylic acids is 1. The molecule has 0 unspecified atom stereocenters. The molecule has 1 aliphatic carbocycles. The Morgan fingerprint density at radius 2 is 1.63 bits per heavy atom. The lowest BCUT2D eigenvalue weighted by molar-refractivity contribution is 0.0956. The number of rotatable bonds is 3. The molecule has 0 bridgehead atoms. The van der Waals surface area contributed by atoms with Gasteiger partial charge in [-0.2, -0.15) is 5.10 Å². The van der Waals surface area contributed by atoms with Gasteiger partial charge in [0.2, 0.25) is 0 Å². The highest BCUT2D eigenvalue weighted by atomic mass is 16.2. The zero-order valence-electron chi connectivity index (χ0n) is 16.5. The van der Waals surface area contributed by atoms with Gasteiger partial charge in [0, 0.05) is 16.5 Å². The molecule has 1 heterocycles. The van der Waals surface area contributed by atoms with E-state index in [0.29, 0.717) is 5.56 Å². The van der Waals surface area contributed by atoms with Crippen molar-refractivity contribution in [2.45, 2.75) is 19.3 Å². The van der Waals surface area contributed by atoms with Crippen LogP contribution in [0, 0.1) is 0 Å². The van der Waals surface area contributed by atoms with Gasteiger partial charge in [0.05, 0.1) is 22.5 Å². The number of amides is 1. The van der Waals surface area contributed by atoms with Crippen molar-refractivity contribution in [1.29, 1.82) is 0 Å². The minimum Gasteiger partial charge on any atom is -0.267 e. The number of pyridine rings is 1. The van der Waals surface area contributed by atoms with Crippen LogP contribution in [-0.2, 0) is 6.42 Å². The second-order valence-corrected chi connectivity index (χ2v) is 7.45. The zero-order valence-corrected chi connectivity index (χ0v) is 16.5. The van der Waals surface area contributed by atoms with Crippen LogP contribution in [0.4, 0.5) is 0 Å². The quantitative estimate of drug-likeness (QED) is 0.477. The number of hydrogen-bond acceptors (Lipinski definition) is 3. The number of nitrogens with one attached hydrogen (secondary N) is 1. The largest absolute Gasteiger partial charge is 0.272 e. The number of para-hydroxylation sites is 1. The molecule has 5 rings (SSSR count). The van der Waals surface area contributed by atoms with E-state index in [2.05, 4.69) is 28.7 Å². The highest BCUT2D eigenvalue weighted by molar-refractivity contribution is 6.08. The first-order valence-electron chi connectivity index (χ1n) is 10.2. The normalized spacial score (nSPS) is 14.5. The summed E-state index contributed by atoms with van der Waals surface area (Å²) in [6.07, 6.45) is 2.96. The van der Waals surface area contributed by atoms with Crippen LogP contribution in [-0.4, -0.2) is 16.6 Å².